The monoisotopic (exact) mass is 250 g/mol. The Balaban J connectivity index is 2.34. The maximum atomic E-state index is 11.1. The first-order valence-corrected chi connectivity index (χ1v) is 5.58. The van der Waals surface area contributed by atoms with E-state index in [2.05, 4.69) is 22.9 Å². The topological polar surface area (TPSA) is 37.3 Å². The molecule has 0 aliphatic heterocycles. The second-order valence-corrected chi connectivity index (χ2v) is 5.58. The number of hydrogen-bond acceptors (Lipinski definition) is 1. The fraction of sp³-hybridized carbons (Fsp3) is 0.364. The van der Waals surface area contributed by atoms with Crippen LogP contribution in [0.15, 0.2) is 24.3 Å². The van der Waals surface area contributed by atoms with Crippen LogP contribution in [-0.2, 0) is 17.6 Å². The number of carbonyl (C=O) groups is 1. The molecule has 3 heteroatoms. The van der Waals surface area contributed by atoms with E-state index < -0.39 is 10.2 Å². The number of benzene rings is 1. The van der Waals surface area contributed by atoms with Crippen LogP contribution in [0.4, 0.5) is 0 Å². The maximum absolute atomic E-state index is 11.1. The normalized spacial score (nSPS) is 25.5. The van der Waals surface area contributed by atoms with Gasteiger partial charge in [0.1, 0.15) is 0 Å². The number of rotatable bonds is 1. The Morgan fingerprint density at radius 1 is 1.36 bits per heavy atom. The van der Waals surface area contributed by atoms with Gasteiger partial charge in [0.25, 0.3) is 0 Å². The third kappa shape index (κ3) is 1.59. The van der Waals surface area contributed by atoms with E-state index in [1.807, 2.05) is 18.2 Å². The van der Waals surface area contributed by atoms with Gasteiger partial charge < -0.3 is 0 Å². The standard InChI is InChI=1S/C11H11AsO2/c12-11(10(13)14)6-5-8-3-1-2-4-9(8)7-11/h1-4H,5-7H2,(H,13,14). The molecule has 1 unspecified atom stereocenters. The van der Waals surface area contributed by atoms with Crippen LogP contribution < -0.4 is 0 Å². The summed E-state index contributed by atoms with van der Waals surface area (Å²) in [4.78, 5) is 11.1. The zero-order valence-corrected chi connectivity index (χ0v) is 9.61. The van der Waals surface area contributed by atoms with Crippen molar-refractivity contribution in [1.29, 1.82) is 0 Å². The van der Waals surface area contributed by atoms with Crippen molar-refractivity contribution >= 4 is 22.8 Å². The molecule has 0 amide bonds. The molecule has 0 fully saturated rings. The van der Waals surface area contributed by atoms with Gasteiger partial charge in [-0.25, -0.2) is 0 Å². The first-order chi connectivity index (χ1) is 6.62. The molecule has 0 saturated heterocycles. The van der Waals surface area contributed by atoms with Crippen molar-refractivity contribution in [3.05, 3.63) is 35.4 Å². The molecule has 1 aliphatic carbocycles. The molecular weight excluding hydrogens is 239 g/mol. The quantitative estimate of drug-likeness (QED) is 0.768. The number of hydrogen-bond donors (Lipinski definition) is 1. The predicted octanol–water partition coefficient (Wildman–Crippen LogP) is 1.59. The average Bonchev–Trinajstić information content (AvgIpc) is 2.17. The van der Waals surface area contributed by atoms with E-state index in [1.54, 1.807) is 0 Å². The zero-order chi connectivity index (χ0) is 10.2. The van der Waals surface area contributed by atoms with Crippen LogP contribution in [0.5, 0.6) is 0 Å². The Kier molecular flexibility index (Phi) is 2.40. The SMILES string of the molecule is O=C(O)C1([As])CCc2ccccc2C1. The van der Waals surface area contributed by atoms with Gasteiger partial charge in [-0.2, -0.15) is 0 Å². The van der Waals surface area contributed by atoms with Gasteiger partial charge >= 0.3 is 91.6 Å². The third-order valence-electron chi connectivity index (χ3n) is 2.81. The van der Waals surface area contributed by atoms with Crippen LogP contribution >= 0.6 is 0 Å². The van der Waals surface area contributed by atoms with Crippen molar-refractivity contribution in [2.45, 2.75) is 23.5 Å². The van der Waals surface area contributed by atoms with Crippen LogP contribution in [0.3, 0.4) is 0 Å². The van der Waals surface area contributed by atoms with E-state index in [-0.39, 0.29) is 0 Å². The average molecular weight is 250 g/mol. The Morgan fingerprint density at radius 3 is 2.64 bits per heavy atom. The number of fused-ring (bicyclic) bond motifs is 1. The minimum atomic E-state index is -0.702. The van der Waals surface area contributed by atoms with E-state index in [0.717, 1.165) is 12.8 Å². The van der Waals surface area contributed by atoms with Gasteiger partial charge in [0, 0.05) is 0 Å². The first kappa shape index (κ1) is 9.79. The van der Waals surface area contributed by atoms with E-state index >= 15 is 0 Å². The van der Waals surface area contributed by atoms with Gasteiger partial charge in [-0.05, 0) is 0 Å². The summed E-state index contributed by atoms with van der Waals surface area (Å²) in [7, 11) is 0. The summed E-state index contributed by atoms with van der Waals surface area (Å²) in [5.41, 5.74) is 2.48. The summed E-state index contributed by atoms with van der Waals surface area (Å²) in [5, 5.41) is 9.11. The molecule has 0 spiro atoms. The van der Waals surface area contributed by atoms with Crippen LogP contribution in [-0.4, -0.2) is 27.9 Å². The second-order valence-electron chi connectivity index (χ2n) is 3.78. The Hall–Kier alpha value is -0.752. The predicted molar refractivity (Wildman–Crippen MR) is 54.5 cm³/mol. The third-order valence-corrected chi connectivity index (χ3v) is 4.01. The van der Waals surface area contributed by atoms with Crippen LogP contribution in [0.2, 0.25) is 4.20 Å². The Labute approximate surface area is 91.8 Å². The van der Waals surface area contributed by atoms with E-state index in [0.29, 0.717) is 6.42 Å². The van der Waals surface area contributed by atoms with Crippen molar-refractivity contribution < 1.29 is 9.90 Å². The van der Waals surface area contributed by atoms with Crippen molar-refractivity contribution in [2.75, 3.05) is 0 Å². The fourth-order valence-electron chi connectivity index (χ4n) is 1.90. The van der Waals surface area contributed by atoms with Gasteiger partial charge in [0.05, 0.1) is 0 Å². The van der Waals surface area contributed by atoms with Crippen molar-refractivity contribution in [1.82, 2.24) is 0 Å². The van der Waals surface area contributed by atoms with Gasteiger partial charge in [-0.1, -0.05) is 0 Å². The summed E-state index contributed by atoms with van der Waals surface area (Å²) < 4.78 is -0.624. The molecule has 1 aromatic carbocycles. The van der Waals surface area contributed by atoms with Gasteiger partial charge in [0.2, 0.25) is 0 Å². The summed E-state index contributed by atoms with van der Waals surface area (Å²) in [5.74, 6) is -0.702. The van der Waals surface area contributed by atoms with Crippen LogP contribution in [0.1, 0.15) is 17.5 Å². The molecule has 14 heavy (non-hydrogen) atoms. The van der Waals surface area contributed by atoms with E-state index in [9.17, 15) is 4.79 Å². The molecule has 0 aromatic heterocycles. The van der Waals surface area contributed by atoms with Crippen LogP contribution in [0.25, 0.3) is 0 Å². The fourth-order valence-corrected chi connectivity index (χ4v) is 2.49. The molecule has 2 rings (SSSR count). The van der Waals surface area contributed by atoms with Crippen molar-refractivity contribution in [3.63, 3.8) is 0 Å². The number of aliphatic carboxylic acids is 1. The van der Waals surface area contributed by atoms with Gasteiger partial charge in [-0.15, -0.1) is 0 Å². The van der Waals surface area contributed by atoms with Gasteiger partial charge in [-0.3, -0.25) is 0 Å². The molecule has 1 aliphatic rings. The summed E-state index contributed by atoms with van der Waals surface area (Å²) >= 11 is 2.34. The molecule has 0 saturated carbocycles. The van der Waals surface area contributed by atoms with E-state index in [4.69, 9.17) is 5.11 Å². The van der Waals surface area contributed by atoms with Crippen molar-refractivity contribution in [3.8, 4) is 0 Å². The Bertz CT molecular complexity index is 375. The summed E-state index contributed by atoms with van der Waals surface area (Å²) in [6.07, 6.45) is 2.23. The molecule has 1 N–H and O–H groups in total. The molecule has 1 atom stereocenters. The molecule has 2 nitrogen and oxygen atoms in total. The number of aryl methyl sites for hydroxylation is 1. The molecule has 0 bridgehead atoms. The second kappa shape index (κ2) is 3.43. The molecular formula is C11H11AsO2. The molecule has 1 aromatic rings. The molecule has 0 heterocycles. The number of carboxylic acids is 1. The van der Waals surface area contributed by atoms with E-state index in [1.165, 1.54) is 11.1 Å². The molecule has 72 valence electrons. The zero-order valence-electron chi connectivity index (χ0n) is 7.73. The molecule has 2 radical (unpaired) electrons. The number of carboxylic acid groups (broad SMARTS) is 1. The first-order valence-electron chi connectivity index (χ1n) is 4.64. The summed E-state index contributed by atoms with van der Waals surface area (Å²) in [6, 6.07) is 8.10. The van der Waals surface area contributed by atoms with Crippen LogP contribution in [0, 0.1) is 0 Å². The minimum absolute atomic E-state index is 0.624. The summed E-state index contributed by atoms with van der Waals surface area (Å²) in [6.45, 7) is 0. The van der Waals surface area contributed by atoms with Crippen molar-refractivity contribution in [2.24, 2.45) is 0 Å². The Morgan fingerprint density at radius 2 is 2.00 bits per heavy atom. The van der Waals surface area contributed by atoms with Gasteiger partial charge in [0.15, 0.2) is 0 Å².